The lowest BCUT2D eigenvalue weighted by molar-refractivity contribution is -0.137. The Morgan fingerprint density at radius 1 is 1.12 bits per heavy atom. The molecule has 26 heavy (non-hydrogen) atoms. The third kappa shape index (κ3) is 3.52. The zero-order valence-electron chi connectivity index (χ0n) is 13.7. The van der Waals surface area contributed by atoms with Gasteiger partial charge in [-0.15, -0.1) is 0 Å². The highest BCUT2D eigenvalue weighted by molar-refractivity contribution is 7.92. The van der Waals surface area contributed by atoms with Crippen molar-refractivity contribution >= 4 is 27.3 Å². The number of rotatable bonds is 3. The molecular formula is C17H15F3N2O3S. The van der Waals surface area contributed by atoms with Crippen LogP contribution in [0.15, 0.2) is 47.4 Å². The van der Waals surface area contributed by atoms with Gasteiger partial charge in [0.25, 0.3) is 10.0 Å². The topological polar surface area (TPSA) is 66.5 Å². The van der Waals surface area contributed by atoms with Crippen molar-refractivity contribution in [2.24, 2.45) is 0 Å². The number of nitrogens with zero attached hydrogens (tertiary/aromatic N) is 1. The number of benzene rings is 2. The molecule has 1 amide bonds. The van der Waals surface area contributed by atoms with Gasteiger partial charge in [0.1, 0.15) is 0 Å². The Hall–Kier alpha value is -2.55. The van der Waals surface area contributed by atoms with E-state index < -0.39 is 21.8 Å². The zero-order valence-corrected chi connectivity index (χ0v) is 14.5. The lowest BCUT2D eigenvalue weighted by atomic mass is 10.1. The maximum absolute atomic E-state index is 12.6. The molecule has 1 aliphatic heterocycles. The quantitative estimate of drug-likeness (QED) is 0.882. The van der Waals surface area contributed by atoms with Crippen LogP contribution in [0.25, 0.3) is 0 Å². The predicted molar refractivity (Wildman–Crippen MR) is 90.4 cm³/mol. The van der Waals surface area contributed by atoms with Crippen LogP contribution in [0.2, 0.25) is 0 Å². The minimum Gasteiger partial charge on any atom is -0.312 e. The smallest absolute Gasteiger partial charge is 0.312 e. The summed E-state index contributed by atoms with van der Waals surface area (Å²) in [5, 5.41) is 0. The highest BCUT2D eigenvalue weighted by atomic mass is 32.2. The number of hydrogen-bond acceptors (Lipinski definition) is 3. The van der Waals surface area contributed by atoms with Crippen molar-refractivity contribution in [2.45, 2.75) is 24.4 Å². The van der Waals surface area contributed by atoms with Crippen LogP contribution in [0.5, 0.6) is 0 Å². The first kappa shape index (κ1) is 18.2. The highest BCUT2D eigenvalue weighted by Crippen LogP contribution is 2.32. The molecule has 5 nitrogen and oxygen atoms in total. The number of anilines is 2. The number of nitrogens with one attached hydrogen (secondary N) is 1. The zero-order chi connectivity index (χ0) is 19.1. The third-order valence-electron chi connectivity index (χ3n) is 4.11. The van der Waals surface area contributed by atoms with Gasteiger partial charge in [0.15, 0.2) is 0 Å². The van der Waals surface area contributed by atoms with Gasteiger partial charge in [-0.05, 0) is 48.4 Å². The Balaban J connectivity index is 1.87. The van der Waals surface area contributed by atoms with Crippen LogP contribution in [-0.2, 0) is 27.4 Å². The largest absolute Gasteiger partial charge is 0.416 e. The van der Waals surface area contributed by atoms with Gasteiger partial charge in [-0.2, -0.15) is 13.2 Å². The van der Waals surface area contributed by atoms with E-state index in [0.717, 1.165) is 29.8 Å². The van der Waals surface area contributed by atoms with Gasteiger partial charge in [-0.3, -0.25) is 9.52 Å². The van der Waals surface area contributed by atoms with E-state index in [1.54, 1.807) is 23.1 Å². The van der Waals surface area contributed by atoms with Crippen LogP contribution in [0.3, 0.4) is 0 Å². The molecule has 0 saturated carbocycles. The van der Waals surface area contributed by atoms with Crippen molar-refractivity contribution in [2.75, 3.05) is 16.2 Å². The van der Waals surface area contributed by atoms with E-state index in [0.29, 0.717) is 18.7 Å². The van der Waals surface area contributed by atoms with E-state index >= 15 is 0 Å². The van der Waals surface area contributed by atoms with Crippen LogP contribution in [-0.4, -0.2) is 20.9 Å². The van der Waals surface area contributed by atoms with Gasteiger partial charge < -0.3 is 4.90 Å². The summed E-state index contributed by atoms with van der Waals surface area (Å²) in [5.74, 6) is -0.147. The fourth-order valence-electron chi connectivity index (χ4n) is 2.81. The minimum absolute atomic E-state index is 0.147. The molecular weight excluding hydrogens is 369 g/mol. The Morgan fingerprint density at radius 3 is 2.35 bits per heavy atom. The molecule has 1 N–H and O–H groups in total. The second-order valence-corrected chi connectivity index (χ2v) is 7.57. The number of carbonyl (C=O) groups is 1. The molecule has 3 rings (SSSR count). The van der Waals surface area contributed by atoms with Gasteiger partial charge in [0, 0.05) is 19.2 Å². The summed E-state index contributed by atoms with van der Waals surface area (Å²) in [6, 6.07) is 8.07. The molecule has 2 aromatic carbocycles. The Morgan fingerprint density at radius 2 is 1.77 bits per heavy atom. The summed E-state index contributed by atoms with van der Waals surface area (Å²) in [7, 11) is -4.05. The standard InChI is InChI=1S/C17H15F3N2O3S/c1-11(23)22-9-8-12-2-5-14(10-16(12)22)21-26(24,25)15-6-3-13(4-7-15)17(18,19)20/h2-7,10,21H,8-9H2,1H3. The molecule has 0 bridgehead atoms. The number of sulfonamides is 1. The average molecular weight is 384 g/mol. The monoisotopic (exact) mass is 384 g/mol. The van der Waals surface area contributed by atoms with E-state index in [1.807, 2.05) is 0 Å². The number of alkyl halides is 3. The molecule has 0 spiro atoms. The van der Waals surface area contributed by atoms with Gasteiger partial charge in [-0.1, -0.05) is 6.07 Å². The summed E-state index contributed by atoms with van der Waals surface area (Å²) < 4.78 is 64.9. The normalized spacial score (nSPS) is 14.2. The van der Waals surface area contributed by atoms with Crippen molar-refractivity contribution in [1.82, 2.24) is 0 Å². The summed E-state index contributed by atoms with van der Waals surface area (Å²) in [6.07, 6.45) is -3.85. The van der Waals surface area contributed by atoms with Gasteiger partial charge in [0.05, 0.1) is 16.1 Å². The molecule has 0 radical (unpaired) electrons. The number of carbonyl (C=O) groups excluding carboxylic acids is 1. The van der Waals surface area contributed by atoms with Crippen molar-refractivity contribution in [1.29, 1.82) is 0 Å². The van der Waals surface area contributed by atoms with E-state index in [2.05, 4.69) is 4.72 Å². The third-order valence-corrected chi connectivity index (χ3v) is 5.50. The minimum atomic E-state index is -4.54. The fraction of sp³-hybridized carbons (Fsp3) is 0.235. The van der Waals surface area contributed by atoms with E-state index in [4.69, 9.17) is 0 Å². The van der Waals surface area contributed by atoms with Crippen LogP contribution < -0.4 is 9.62 Å². The summed E-state index contributed by atoms with van der Waals surface area (Å²) in [5.41, 5.74) is 0.866. The average Bonchev–Trinajstić information content (AvgIpc) is 2.97. The molecule has 0 aliphatic carbocycles. The molecule has 1 heterocycles. The predicted octanol–water partition coefficient (Wildman–Crippen LogP) is 3.42. The van der Waals surface area contributed by atoms with E-state index in [-0.39, 0.29) is 16.5 Å². The molecule has 9 heteroatoms. The van der Waals surface area contributed by atoms with Crippen LogP contribution in [0, 0.1) is 0 Å². The first-order chi connectivity index (χ1) is 12.1. The van der Waals surface area contributed by atoms with E-state index in [9.17, 15) is 26.4 Å². The lowest BCUT2D eigenvalue weighted by Crippen LogP contribution is -2.25. The fourth-order valence-corrected chi connectivity index (χ4v) is 3.86. The molecule has 0 atom stereocenters. The first-order valence-corrected chi connectivity index (χ1v) is 9.17. The number of amides is 1. The van der Waals surface area contributed by atoms with Gasteiger partial charge in [0.2, 0.25) is 5.91 Å². The summed E-state index contributed by atoms with van der Waals surface area (Å²) in [6.45, 7) is 1.95. The van der Waals surface area contributed by atoms with E-state index in [1.165, 1.54) is 6.92 Å². The number of halogens is 3. The Kier molecular flexibility index (Phi) is 4.43. The second kappa shape index (κ2) is 6.31. The number of fused-ring (bicyclic) bond motifs is 1. The van der Waals surface area contributed by atoms with Crippen LogP contribution in [0.1, 0.15) is 18.1 Å². The maximum atomic E-state index is 12.6. The molecule has 0 unspecified atom stereocenters. The Bertz CT molecular complexity index is 954. The Labute approximate surface area is 148 Å². The molecule has 1 aliphatic rings. The molecule has 138 valence electrons. The van der Waals surface area contributed by atoms with Crippen LogP contribution >= 0.6 is 0 Å². The molecule has 2 aromatic rings. The van der Waals surface area contributed by atoms with Crippen LogP contribution in [0.4, 0.5) is 24.5 Å². The summed E-state index contributed by atoms with van der Waals surface area (Å²) >= 11 is 0. The second-order valence-electron chi connectivity index (χ2n) is 5.89. The summed E-state index contributed by atoms with van der Waals surface area (Å²) in [4.78, 5) is 12.9. The molecule has 0 fully saturated rings. The SMILES string of the molecule is CC(=O)N1CCc2ccc(NS(=O)(=O)c3ccc(C(F)(F)F)cc3)cc21. The highest BCUT2D eigenvalue weighted by Gasteiger charge is 2.30. The number of hydrogen-bond donors (Lipinski definition) is 1. The first-order valence-electron chi connectivity index (χ1n) is 7.69. The van der Waals surface area contributed by atoms with Gasteiger partial charge in [-0.25, -0.2) is 8.42 Å². The van der Waals surface area contributed by atoms with Crippen molar-refractivity contribution in [3.63, 3.8) is 0 Å². The maximum Gasteiger partial charge on any atom is 0.416 e. The lowest BCUT2D eigenvalue weighted by Gasteiger charge is -2.16. The van der Waals surface area contributed by atoms with Crippen molar-refractivity contribution in [3.8, 4) is 0 Å². The molecule has 0 aromatic heterocycles. The van der Waals surface area contributed by atoms with Gasteiger partial charge >= 0.3 is 6.18 Å². The van der Waals surface area contributed by atoms with Crippen molar-refractivity contribution < 1.29 is 26.4 Å². The van der Waals surface area contributed by atoms with Crippen molar-refractivity contribution in [3.05, 3.63) is 53.6 Å². The molecule has 0 saturated heterocycles.